The smallest absolute Gasteiger partial charge is 0.231 e. The van der Waals surface area contributed by atoms with Crippen molar-refractivity contribution in [3.63, 3.8) is 0 Å². The van der Waals surface area contributed by atoms with E-state index in [9.17, 15) is 0 Å². The van der Waals surface area contributed by atoms with Gasteiger partial charge in [0.15, 0.2) is 0 Å². The normalized spacial score (nSPS) is 22.9. The molecule has 2 atom stereocenters. The monoisotopic (exact) mass is 341 g/mol. The Morgan fingerprint density at radius 2 is 2.21 bits per heavy atom. The molecule has 1 heterocycles. The standard InChI is InChI=1S/C13H13BrClN3O/c14-9-6-7(4-5-10(9)15)12-17-13(19-18-12)8-2-1-3-11(8)16/h4-6,8,11H,1-3,16H2. The van der Waals surface area contributed by atoms with Crippen LogP contribution < -0.4 is 5.73 Å². The molecular weight excluding hydrogens is 330 g/mol. The van der Waals surface area contributed by atoms with Crippen molar-refractivity contribution < 1.29 is 4.52 Å². The number of rotatable bonds is 2. The summed E-state index contributed by atoms with van der Waals surface area (Å²) < 4.78 is 6.17. The maximum atomic E-state index is 6.05. The molecule has 4 nitrogen and oxygen atoms in total. The molecule has 1 fully saturated rings. The number of hydrogen-bond donors (Lipinski definition) is 1. The molecular formula is C13H13BrClN3O. The van der Waals surface area contributed by atoms with Crippen molar-refractivity contribution in [1.82, 2.24) is 10.1 Å². The summed E-state index contributed by atoms with van der Waals surface area (Å²) in [5.41, 5.74) is 6.92. The molecule has 0 saturated heterocycles. The van der Waals surface area contributed by atoms with E-state index >= 15 is 0 Å². The minimum Gasteiger partial charge on any atom is -0.339 e. The van der Waals surface area contributed by atoms with Crippen molar-refractivity contribution in [2.24, 2.45) is 5.73 Å². The lowest BCUT2D eigenvalue weighted by atomic mass is 10.1. The predicted molar refractivity (Wildman–Crippen MR) is 77.0 cm³/mol. The van der Waals surface area contributed by atoms with Gasteiger partial charge in [-0.05, 0) is 47.0 Å². The van der Waals surface area contributed by atoms with Gasteiger partial charge in [0, 0.05) is 16.1 Å². The Bertz CT molecular complexity index is 601. The molecule has 1 saturated carbocycles. The Kier molecular flexibility index (Phi) is 3.60. The summed E-state index contributed by atoms with van der Waals surface area (Å²) in [6, 6.07) is 5.69. The van der Waals surface area contributed by atoms with E-state index in [0.717, 1.165) is 29.3 Å². The van der Waals surface area contributed by atoms with E-state index < -0.39 is 0 Å². The van der Waals surface area contributed by atoms with Gasteiger partial charge < -0.3 is 10.3 Å². The van der Waals surface area contributed by atoms with Crippen LogP contribution in [0.3, 0.4) is 0 Å². The number of aromatic nitrogens is 2. The van der Waals surface area contributed by atoms with Gasteiger partial charge in [-0.15, -0.1) is 0 Å². The van der Waals surface area contributed by atoms with Crippen molar-refractivity contribution >= 4 is 27.5 Å². The van der Waals surface area contributed by atoms with Crippen molar-refractivity contribution in [2.45, 2.75) is 31.2 Å². The summed E-state index contributed by atoms with van der Waals surface area (Å²) >= 11 is 9.36. The number of nitrogens with two attached hydrogens (primary N) is 1. The van der Waals surface area contributed by atoms with Gasteiger partial charge in [-0.1, -0.05) is 23.2 Å². The summed E-state index contributed by atoms with van der Waals surface area (Å²) in [5.74, 6) is 1.41. The molecule has 3 rings (SSSR count). The lowest BCUT2D eigenvalue weighted by Gasteiger charge is -2.08. The van der Waals surface area contributed by atoms with Crippen LogP contribution in [0, 0.1) is 0 Å². The molecule has 1 aliphatic carbocycles. The van der Waals surface area contributed by atoms with E-state index in [1.165, 1.54) is 0 Å². The maximum Gasteiger partial charge on any atom is 0.231 e. The topological polar surface area (TPSA) is 64.9 Å². The van der Waals surface area contributed by atoms with Crippen LogP contribution in [-0.4, -0.2) is 16.2 Å². The zero-order valence-corrected chi connectivity index (χ0v) is 12.5. The fourth-order valence-electron chi connectivity index (χ4n) is 2.43. The van der Waals surface area contributed by atoms with Crippen LogP contribution in [0.5, 0.6) is 0 Å². The lowest BCUT2D eigenvalue weighted by molar-refractivity contribution is 0.345. The highest BCUT2D eigenvalue weighted by molar-refractivity contribution is 9.10. The van der Waals surface area contributed by atoms with Gasteiger partial charge in [0.1, 0.15) is 0 Å². The molecule has 0 spiro atoms. The first kappa shape index (κ1) is 13.1. The molecule has 2 N–H and O–H groups in total. The molecule has 2 unspecified atom stereocenters. The minimum absolute atomic E-state index is 0.130. The molecule has 0 aliphatic heterocycles. The van der Waals surface area contributed by atoms with Gasteiger partial charge in [-0.25, -0.2) is 0 Å². The van der Waals surface area contributed by atoms with Crippen molar-refractivity contribution in [3.05, 3.63) is 33.6 Å². The Balaban J connectivity index is 1.90. The van der Waals surface area contributed by atoms with Gasteiger partial charge in [-0.2, -0.15) is 4.98 Å². The molecule has 1 aromatic heterocycles. The van der Waals surface area contributed by atoms with E-state index in [4.69, 9.17) is 21.9 Å². The molecule has 0 radical (unpaired) electrons. The molecule has 19 heavy (non-hydrogen) atoms. The third-order valence-electron chi connectivity index (χ3n) is 3.51. The highest BCUT2D eigenvalue weighted by Gasteiger charge is 2.30. The summed E-state index contributed by atoms with van der Waals surface area (Å²) in [7, 11) is 0. The van der Waals surface area contributed by atoms with E-state index in [1.54, 1.807) is 6.07 Å². The third kappa shape index (κ3) is 2.55. The lowest BCUT2D eigenvalue weighted by Crippen LogP contribution is -2.22. The summed E-state index contributed by atoms with van der Waals surface area (Å²) in [5, 5.41) is 4.69. The minimum atomic E-state index is 0.130. The van der Waals surface area contributed by atoms with E-state index in [0.29, 0.717) is 16.7 Å². The van der Waals surface area contributed by atoms with Crippen LogP contribution in [0.4, 0.5) is 0 Å². The Labute approximate surface area is 124 Å². The Morgan fingerprint density at radius 1 is 1.37 bits per heavy atom. The molecule has 0 amide bonds. The summed E-state index contributed by atoms with van der Waals surface area (Å²) in [6.07, 6.45) is 3.16. The molecule has 1 aliphatic rings. The Morgan fingerprint density at radius 3 is 2.89 bits per heavy atom. The van der Waals surface area contributed by atoms with Gasteiger partial charge in [0.05, 0.1) is 10.9 Å². The largest absolute Gasteiger partial charge is 0.339 e. The average molecular weight is 343 g/mol. The number of halogens is 2. The van der Waals surface area contributed by atoms with Gasteiger partial charge >= 0.3 is 0 Å². The van der Waals surface area contributed by atoms with Gasteiger partial charge in [-0.3, -0.25) is 0 Å². The van der Waals surface area contributed by atoms with Crippen molar-refractivity contribution in [3.8, 4) is 11.4 Å². The van der Waals surface area contributed by atoms with Gasteiger partial charge in [0.25, 0.3) is 0 Å². The summed E-state index contributed by atoms with van der Waals surface area (Å²) in [6.45, 7) is 0. The zero-order chi connectivity index (χ0) is 13.4. The van der Waals surface area contributed by atoms with Crippen LogP contribution in [0.25, 0.3) is 11.4 Å². The fraction of sp³-hybridized carbons (Fsp3) is 0.385. The first-order chi connectivity index (χ1) is 9.15. The fourth-order valence-corrected chi connectivity index (χ4v) is 2.93. The van der Waals surface area contributed by atoms with Crippen LogP contribution in [-0.2, 0) is 0 Å². The highest BCUT2D eigenvalue weighted by Crippen LogP contribution is 2.34. The first-order valence-electron chi connectivity index (χ1n) is 6.20. The first-order valence-corrected chi connectivity index (χ1v) is 7.37. The van der Waals surface area contributed by atoms with Crippen molar-refractivity contribution in [1.29, 1.82) is 0 Å². The molecule has 2 aromatic rings. The van der Waals surface area contributed by atoms with Crippen LogP contribution in [0.15, 0.2) is 27.2 Å². The van der Waals surface area contributed by atoms with Gasteiger partial charge in [0.2, 0.25) is 11.7 Å². The summed E-state index contributed by atoms with van der Waals surface area (Å²) in [4.78, 5) is 4.46. The molecule has 100 valence electrons. The second kappa shape index (κ2) is 5.23. The number of benzene rings is 1. The van der Waals surface area contributed by atoms with E-state index in [1.807, 2.05) is 12.1 Å². The second-order valence-electron chi connectivity index (χ2n) is 4.79. The second-order valence-corrected chi connectivity index (χ2v) is 6.05. The zero-order valence-electron chi connectivity index (χ0n) is 10.1. The maximum absolute atomic E-state index is 6.05. The SMILES string of the molecule is NC1CCCC1c1nc(-c2ccc(Cl)c(Br)c2)no1. The molecule has 6 heteroatoms. The average Bonchev–Trinajstić information content (AvgIpc) is 3.01. The van der Waals surface area contributed by atoms with Crippen LogP contribution in [0.2, 0.25) is 5.02 Å². The van der Waals surface area contributed by atoms with Crippen LogP contribution >= 0.6 is 27.5 Å². The van der Waals surface area contributed by atoms with Crippen LogP contribution in [0.1, 0.15) is 31.1 Å². The van der Waals surface area contributed by atoms with E-state index in [-0.39, 0.29) is 12.0 Å². The van der Waals surface area contributed by atoms with Crippen molar-refractivity contribution in [2.75, 3.05) is 0 Å². The van der Waals surface area contributed by atoms with E-state index in [2.05, 4.69) is 26.1 Å². The third-order valence-corrected chi connectivity index (χ3v) is 4.72. The highest BCUT2D eigenvalue weighted by atomic mass is 79.9. The number of nitrogens with zero attached hydrogens (tertiary/aromatic N) is 2. The quantitative estimate of drug-likeness (QED) is 0.902. The predicted octanol–water partition coefficient (Wildman–Crippen LogP) is 3.75. The Hall–Kier alpha value is -0.910. The number of hydrogen-bond acceptors (Lipinski definition) is 4. The molecule has 1 aromatic carbocycles. The molecule has 0 bridgehead atoms.